The molecule has 84 valence electrons. The van der Waals surface area contributed by atoms with Crippen LogP contribution in [0.1, 0.15) is 24.8 Å². The lowest BCUT2D eigenvalue weighted by Gasteiger charge is -2.35. The van der Waals surface area contributed by atoms with Gasteiger partial charge in [-0.3, -0.25) is 0 Å². The molecule has 0 spiro atoms. The number of hydrogen-bond donors (Lipinski definition) is 1. The van der Waals surface area contributed by atoms with Crippen LogP contribution in [0.25, 0.3) is 0 Å². The number of ether oxygens (including phenoxy) is 1. The summed E-state index contributed by atoms with van der Waals surface area (Å²) < 4.78 is 5.49. The van der Waals surface area contributed by atoms with Gasteiger partial charge in [0.15, 0.2) is 0 Å². The maximum Gasteiger partial charge on any atom is 0.0544 e. The predicted octanol–water partition coefficient (Wildman–Crippen LogP) is 2.47. The van der Waals surface area contributed by atoms with Gasteiger partial charge in [0.05, 0.1) is 13.2 Å². The van der Waals surface area contributed by atoms with E-state index in [1.807, 2.05) is 0 Å². The van der Waals surface area contributed by atoms with Crippen molar-refractivity contribution < 1.29 is 9.84 Å². The summed E-state index contributed by atoms with van der Waals surface area (Å²) in [7, 11) is 0. The molecule has 1 saturated heterocycles. The smallest absolute Gasteiger partial charge is 0.0544 e. The second-order valence-corrected chi connectivity index (χ2v) is 5.23. The van der Waals surface area contributed by atoms with Crippen molar-refractivity contribution in [2.75, 3.05) is 19.8 Å². The van der Waals surface area contributed by atoms with Crippen molar-refractivity contribution in [3.8, 4) is 0 Å². The molecule has 2 heterocycles. The van der Waals surface area contributed by atoms with E-state index in [0.717, 1.165) is 38.9 Å². The minimum atomic E-state index is 0.0280. The van der Waals surface area contributed by atoms with Crippen molar-refractivity contribution in [2.45, 2.75) is 25.7 Å². The third-order valence-electron chi connectivity index (χ3n) is 3.26. The Hall–Kier alpha value is -0.380. The first-order chi connectivity index (χ1) is 7.35. The van der Waals surface area contributed by atoms with Crippen LogP contribution in [0.5, 0.6) is 0 Å². The van der Waals surface area contributed by atoms with Gasteiger partial charge in [-0.25, -0.2) is 0 Å². The molecule has 0 bridgehead atoms. The lowest BCUT2D eigenvalue weighted by Crippen LogP contribution is -2.35. The van der Waals surface area contributed by atoms with Gasteiger partial charge in [-0.2, -0.15) is 11.3 Å². The van der Waals surface area contributed by atoms with Crippen LogP contribution in [0.3, 0.4) is 0 Å². The molecule has 1 unspecified atom stereocenters. The predicted molar refractivity (Wildman–Crippen MR) is 62.2 cm³/mol. The van der Waals surface area contributed by atoms with E-state index in [0.29, 0.717) is 0 Å². The summed E-state index contributed by atoms with van der Waals surface area (Å²) in [5, 5.41) is 13.8. The van der Waals surface area contributed by atoms with E-state index in [9.17, 15) is 5.11 Å². The molecule has 1 aliphatic rings. The minimum absolute atomic E-state index is 0.0280. The summed E-state index contributed by atoms with van der Waals surface area (Å²) in [6.07, 6.45) is 4.30. The van der Waals surface area contributed by atoms with Gasteiger partial charge in [-0.05, 0) is 48.1 Å². The fourth-order valence-electron chi connectivity index (χ4n) is 2.16. The lowest BCUT2D eigenvalue weighted by molar-refractivity contribution is -0.0425. The molecule has 0 aromatic carbocycles. The number of hydrogen-bond acceptors (Lipinski definition) is 3. The maximum atomic E-state index is 9.49. The molecule has 15 heavy (non-hydrogen) atoms. The summed E-state index contributed by atoms with van der Waals surface area (Å²) in [5.74, 6) is 0. The van der Waals surface area contributed by atoms with Crippen molar-refractivity contribution in [2.24, 2.45) is 5.41 Å². The molecule has 2 rings (SSSR count). The zero-order chi connectivity index (χ0) is 10.6. The van der Waals surface area contributed by atoms with Gasteiger partial charge in [0.25, 0.3) is 0 Å². The zero-order valence-electron chi connectivity index (χ0n) is 8.95. The van der Waals surface area contributed by atoms with Gasteiger partial charge in [0.2, 0.25) is 0 Å². The van der Waals surface area contributed by atoms with E-state index >= 15 is 0 Å². The quantitative estimate of drug-likeness (QED) is 0.854. The summed E-state index contributed by atoms with van der Waals surface area (Å²) in [6, 6.07) is 2.17. The van der Waals surface area contributed by atoms with Gasteiger partial charge in [-0.1, -0.05) is 0 Å². The van der Waals surface area contributed by atoms with Crippen LogP contribution >= 0.6 is 11.3 Å². The van der Waals surface area contributed by atoms with Crippen LogP contribution in [0.4, 0.5) is 0 Å². The molecule has 1 fully saturated rings. The van der Waals surface area contributed by atoms with Crippen molar-refractivity contribution in [3.63, 3.8) is 0 Å². The van der Waals surface area contributed by atoms with Crippen LogP contribution in [0, 0.1) is 5.41 Å². The second-order valence-electron chi connectivity index (χ2n) is 4.45. The third kappa shape index (κ3) is 2.80. The molecule has 2 nitrogen and oxygen atoms in total. The molecule has 0 aliphatic carbocycles. The van der Waals surface area contributed by atoms with Crippen molar-refractivity contribution in [3.05, 3.63) is 22.4 Å². The highest BCUT2D eigenvalue weighted by atomic mass is 32.1. The van der Waals surface area contributed by atoms with E-state index in [2.05, 4.69) is 16.8 Å². The van der Waals surface area contributed by atoms with E-state index in [-0.39, 0.29) is 12.0 Å². The van der Waals surface area contributed by atoms with Crippen LogP contribution in [0.2, 0.25) is 0 Å². The Morgan fingerprint density at radius 3 is 3.07 bits per heavy atom. The largest absolute Gasteiger partial charge is 0.396 e. The first-order valence-electron chi connectivity index (χ1n) is 5.54. The summed E-state index contributed by atoms with van der Waals surface area (Å²) >= 11 is 1.74. The summed E-state index contributed by atoms with van der Waals surface area (Å²) in [6.45, 7) is 1.85. The summed E-state index contributed by atoms with van der Waals surface area (Å²) in [4.78, 5) is 0. The standard InChI is InChI=1S/C12H18O2S/c13-9-12(4-1-6-14-10-12)5-2-11-3-7-15-8-11/h3,7-8,13H,1-2,4-6,9-10H2. The highest BCUT2D eigenvalue weighted by Gasteiger charge is 2.31. The van der Waals surface area contributed by atoms with E-state index in [1.54, 1.807) is 11.3 Å². The monoisotopic (exact) mass is 226 g/mol. The Balaban J connectivity index is 1.89. The van der Waals surface area contributed by atoms with Gasteiger partial charge < -0.3 is 9.84 Å². The van der Waals surface area contributed by atoms with Crippen LogP contribution in [-0.2, 0) is 11.2 Å². The molecular formula is C12H18O2S. The van der Waals surface area contributed by atoms with E-state index in [4.69, 9.17) is 4.74 Å². The zero-order valence-corrected chi connectivity index (χ0v) is 9.76. The SMILES string of the molecule is OCC1(CCc2ccsc2)CCCOC1. The van der Waals surface area contributed by atoms with Gasteiger partial charge >= 0.3 is 0 Å². The van der Waals surface area contributed by atoms with Gasteiger partial charge in [-0.15, -0.1) is 0 Å². The fraction of sp³-hybridized carbons (Fsp3) is 0.667. The molecule has 0 saturated carbocycles. The van der Waals surface area contributed by atoms with Gasteiger partial charge in [0.1, 0.15) is 0 Å². The number of aliphatic hydroxyl groups excluding tert-OH is 1. The van der Waals surface area contributed by atoms with Crippen LogP contribution in [-0.4, -0.2) is 24.9 Å². The van der Waals surface area contributed by atoms with Crippen molar-refractivity contribution in [1.82, 2.24) is 0 Å². The van der Waals surface area contributed by atoms with E-state index < -0.39 is 0 Å². The average Bonchev–Trinajstić information content (AvgIpc) is 2.81. The Morgan fingerprint density at radius 1 is 1.53 bits per heavy atom. The molecule has 1 N–H and O–H groups in total. The summed E-state index contributed by atoms with van der Waals surface area (Å²) in [5.41, 5.74) is 1.42. The first-order valence-corrected chi connectivity index (χ1v) is 6.49. The lowest BCUT2D eigenvalue weighted by atomic mass is 9.78. The molecule has 0 radical (unpaired) electrons. The Morgan fingerprint density at radius 2 is 2.47 bits per heavy atom. The topological polar surface area (TPSA) is 29.5 Å². The third-order valence-corrected chi connectivity index (χ3v) is 4.00. The second kappa shape index (κ2) is 5.10. The average molecular weight is 226 g/mol. The van der Waals surface area contributed by atoms with Crippen molar-refractivity contribution in [1.29, 1.82) is 0 Å². The fourth-order valence-corrected chi connectivity index (χ4v) is 2.86. The number of thiophene rings is 1. The van der Waals surface area contributed by atoms with Crippen LogP contribution < -0.4 is 0 Å². The maximum absolute atomic E-state index is 9.49. The Bertz CT molecular complexity index is 276. The molecule has 1 aromatic heterocycles. The molecule has 0 amide bonds. The number of aryl methyl sites for hydroxylation is 1. The number of aliphatic hydroxyl groups is 1. The minimum Gasteiger partial charge on any atom is -0.396 e. The highest BCUT2D eigenvalue weighted by molar-refractivity contribution is 7.07. The molecule has 1 aliphatic heterocycles. The van der Waals surface area contributed by atoms with Gasteiger partial charge in [0, 0.05) is 12.0 Å². The van der Waals surface area contributed by atoms with E-state index in [1.165, 1.54) is 5.56 Å². The molecule has 1 aromatic rings. The molecule has 1 atom stereocenters. The normalized spacial score (nSPS) is 26.7. The first kappa shape index (κ1) is 11.1. The van der Waals surface area contributed by atoms with Crippen LogP contribution in [0.15, 0.2) is 16.8 Å². The molecule has 3 heteroatoms. The Kier molecular flexibility index (Phi) is 3.78. The Labute approximate surface area is 94.9 Å². The van der Waals surface area contributed by atoms with Crippen molar-refractivity contribution >= 4 is 11.3 Å². The number of rotatable bonds is 4. The molecular weight excluding hydrogens is 208 g/mol. The highest BCUT2D eigenvalue weighted by Crippen LogP contribution is 2.33.